The lowest BCUT2D eigenvalue weighted by Crippen LogP contribution is -2.35. The minimum absolute atomic E-state index is 0.0780. The van der Waals surface area contributed by atoms with Gasteiger partial charge in [-0.05, 0) is 24.0 Å². The third-order valence-electron chi connectivity index (χ3n) is 3.05. The van der Waals surface area contributed by atoms with E-state index in [0.717, 1.165) is 11.1 Å². The van der Waals surface area contributed by atoms with Gasteiger partial charge in [0.1, 0.15) is 0 Å². The SMILES string of the molecule is Cc1ccccc1CNC(=O)C(CO)C(C)C. The van der Waals surface area contributed by atoms with Crippen molar-refractivity contribution in [3.63, 3.8) is 0 Å². The predicted molar refractivity (Wildman–Crippen MR) is 68.4 cm³/mol. The summed E-state index contributed by atoms with van der Waals surface area (Å²) < 4.78 is 0. The molecule has 0 saturated carbocycles. The highest BCUT2D eigenvalue weighted by Gasteiger charge is 2.20. The second-order valence-electron chi connectivity index (χ2n) is 4.68. The maximum absolute atomic E-state index is 11.8. The third kappa shape index (κ3) is 3.86. The molecule has 2 N–H and O–H groups in total. The molecule has 0 saturated heterocycles. The second kappa shape index (κ2) is 6.40. The molecule has 94 valence electrons. The standard InChI is InChI=1S/C14H21NO2/c1-10(2)13(9-16)14(17)15-8-12-7-5-4-6-11(12)3/h4-7,10,13,16H,8-9H2,1-3H3,(H,15,17). The Morgan fingerprint density at radius 2 is 2.00 bits per heavy atom. The van der Waals surface area contributed by atoms with Crippen LogP contribution in [0.5, 0.6) is 0 Å². The molecule has 1 aromatic rings. The molecule has 1 aromatic carbocycles. The van der Waals surface area contributed by atoms with Crippen molar-refractivity contribution in [2.45, 2.75) is 27.3 Å². The van der Waals surface area contributed by atoms with Crippen LogP contribution in [-0.4, -0.2) is 17.6 Å². The van der Waals surface area contributed by atoms with Crippen LogP contribution in [0.3, 0.4) is 0 Å². The minimum atomic E-state index is -0.320. The number of aliphatic hydroxyl groups is 1. The van der Waals surface area contributed by atoms with Gasteiger partial charge in [0.25, 0.3) is 0 Å². The number of rotatable bonds is 5. The van der Waals surface area contributed by atoms with E-state index in [0.29, 0.717) is 6.54 Å². The van der Waals surface area contributed by atoms with E-state index in [1.54, 1.807) is 0 Å². The normalized spacial score (nSPS) is 12.5. The molecule has 0 aliphatic rings. The fraction of sp³-hybridized carbons (Fsp3) is 0.500. The summed E-state index contributed by atoms with van der Waals surface area (Å²) in [6, 6.07) is 7.96. The van der Waals surface area contributed by atoms with E-state index < -0.39 is 0 Å². The first kappa shape index (κ1) is 13.7. The number of hydrogen-bond acceptors (Lipinski definition) is 2. The van der Waals surface area contributed by atoms with Gasteiger partial charge in [-0.15, -0.1) is 0 Å². The van der Waals surface area contributed by atoms with Crippen LogP contribution in [0.4, 0.5) is 0 Å². The lowest BCUT2D eigenvalue weighted by atomic mass is 9.96. The van der Waals surface area contributed by atoms with Crippen LogP contribution in [0.1, 0.15) is 25.0 Å². The topological polar surface area (TPSA) is 49.3 Å². The van der Waals surface area contributed by atoms with Gasteiger partial charge < -0.3 is 10.4 Å². The van der Waals surface area contributed by atoms with Crippen molar-refractivity contribution >= 4 is 5.91 Å². The molecule has 1 unspecified atom stereocenters. The maximum Gasteiger partial charge on any atom is 0.225 e. The zero-order valence-corrected chi connectivity index (χ0v) is 10.7. The first-order valence-electron chi connectivity index (χ1n) is 5.99. The molecule has 0 fully saturated rings. The fourth-order valence-electron chi connectivity index (χ4n) is 1.72. The molecule has 0 heterocycles. The molecule has 0 radical (unpaired) electrons. The highest BCUT2D eigenvalue weighted by Crippen LogP contribution is 2.11. The number of aryl methyl sites for hydroxylation is 1. The average molecular weight is 235 g/mol. The largest absolute Gasteiger partial charge is 0.396 e. The Hall–Kier alpha value is -1.35. The van der Waals surface area contributed by atoms with Crippen LogP contribution in [-0.2, 0) is 11.3 Å². The number of benzene rings is 1. The molecule has 0 aliphatic heterocycles. The van der Waals surface area contributed by atoms with E-state index >= 15 is 0 Å². The van der Waals surface area contributed by atoms with Crippen LogP contribution >= 0.6 is 0 Å². The highest BCUT2D eigenvalue weighted by atomic mass is 16.3. The summed E-state index contributed by atoms with van der Waals surface area (Å²) in [7, 11) is 0. The molecule has 3 heteroatoms. The summed E-state index contributed by atoms with van der Waals surface area (Å²) in [6.07, 6.45) is 0. The zero-order chi connectivity index (χ0) is 12.8. The lowest BCUT2D eigenvalue weighted by molar-refractivity contribution is -0.127. The Labute approximate surface area is 103 Å². The van der Waals surface area contributed by atoms with E-state index in [4.69, 9.17) is 5.11 Å². The van der Waals surface area contributed by atoms with Gasteiger partial charge in [-0.1, -0.05) is 38.1 Å². The van der Waals surface area contributed by atoms with Crippen LogP contribution < -0.4 is 5.32 Å². The van der Waals surface area contributed by atoms with Crippen LogP contribution in [0, 0.1) is 18.8 Å². The quantitative estimate of drug-likeness (QED) is 0.818. The molecular formula is C14H21NO2. The van der Waals surface area contributed by atoms with Crippen molar-refractivity contribution in [1.82, 2.24) is 5.32 Å². The van der Waals surface area contributed by atoms with Crippen LogP contribution in [0.25, 0.3) is 0 Å². The summed E-state index contributed by atoms with van der Waals surface area (Å²) in [5.41, 5.74) is 2.28. The monoisotopic (exact) mass is 235 g/mol. The highest BCUT2D eigenvalue weighted by molar-refractivity contribution is 5.79. The second-order valence-corrected chi connectivity index (χ2v) is 4.68. The van der Waals surface area contributed by atoms with Crippen molar-refractivity contribution in [3.05, 3.63) is 35.4 Å². The first-order valence-corrected chi connectivity index (χ1v) is 5.99. The Kier molecular flexibility index (Phi) is 5.16. The summed E-state index contributed by atoms with van der Waals surface area (Å²) in [4.78, 5) is 11.8. The van der Waals surface area contributed by atoms with Gasteiger partial charge >= 0.3 is 0 Å². The van der Waals surface area contributed by atoms with Crippen molar-refractivity contribution in [2.24, 2.45) is 11.8 Å². The lowest BCUT2D eigenvalue weighted by Gasteiger charge is -2.18. The van der Waals surface area contributed by atoms with Gasteiger partial charge in [0.15, 0.2) is 0 Å². The zero-order valence-electron chi connectivity index (χ0n) is 10.7. The number of hydrogen-bond donors (Lipinski definition) is 2. The number of amides is 1. The van der Waals surface area contributed by atoms with Crippen LogP contribution in [0.2, 0.25) is 0 Å². The summed E-state index contributed by atoms with van der Waals surface area (Å²) >= 11 is 0. The summed E-state index contributed by atoms with van der Waals surface area (Å²) in [5.74, 6) is -0.248. The molecule has 3 nitrogen and oxygen atoms in total. The van der Waals surface area contributed by atoms with E-state index in [2.05, 4.69) is 5.32 Å². The molecule has 0 spiro atoms. The van der Waals surface area contributed by atoms with Gasteiger partial charge in [-0.2, -0.15) is 0 Å². The maximum atomic E-state index is 11.8. The molecule has 0 aliphatic carbocycles. The molecule has 17 heavy (non-hydrogen) atoms. The summed E-state index contributed by atoms with van der Waals surface area (Å²) in [6.45, 7) is 6.32. The van der Waals surface area contributed by atoms with Gasteiger partial charge in [0.05, 0.1) is 12.5 Å². The van der Waals surface area contributed by atoms with E-state index in [9.17, 15) is 4.79 Å². The number of aliphatic hydroxyl groups excluding tert-OH is 1. The van der Waals surface area contributed by atoms with Crippen LogP contribution in [0.15, 0.2) is 24.3 Å². The summed E-state index contributed by atoms with van der Waals surface area (Å²) in [5, 5.41) is 12.0. The van der Waals surface area contributed by atoms with Crippen molar-refractivity contribution in [1.29, 1.82) is 0 Å². The molecule has 1 amide bonds. The molecule has 0 bridgehead atoms. The fourth-order valence-corrected chi connectivity index (χ4v) is 1.72. The number of nitrogens with one attached hydrogen (secondary N) is 1. The van der Waals surface area contributed by atoms with Crippen molar-refractivity contribution < 1.29 is 9.90 Å². The van der Waals surface area contributed by atoms with Gasteiger partial charge in [-0.3, -0.25) is 4.79 Å². The first-order chi connectivity index (χ1) is 8.06. The Morgan fingerprint density at radius 3 is 2.53 bits per heavy atom. The Balaban J connectivity index is 2.56. The van der Waals surface area contributed by atoms with Gasteiger partial charge in [0.2, 0.25) is 5.91 Å². The average Bonchev–Trinajstić information content (AvgIpc) is 2.28. The Morgan fingerprint density at radius 1 is 1.35 bits per heavy atom. The molecule has 1 atom stereocenters. The number of carbonyl (C=O) groups is 1. The van der Waals surface area contributed by atoms with E-state index in [1.807, 2.05) is 45.0 Å². The van der Waals surface area contributed by atoms with Crippen molar-refractivity contribution in [3.8, 4) is 0 Å². The predicted octanol–water partition coefficient (Wildman–Crippen LogP) is 1.88. The minimum Gasteiger partial charge on any atom is -0.396 e. The van der Waals surface area contributed by atoms with E-state index in [-0.39, 0.29) is 24.3 Å². The molecular weight excluding hydrogens is 214 g/mol. The smallest absolute Gasteiger partial charge is 0.225 e. The van der Waals surface area contributed by atoms with E-state index in [1.165, 1.54) is 0 Å². The number of carbonyl (C=O) groups excluding carboxylic acids is 1. The third-order valence-corrected chi connectivity index (χ3v) is 3.05. The van der Waals surface area contributed by atoms with Gasteiger partial charge in [-0.25, -0.2) is 0 Å². The van der Waals surface area contributed by atoms with Gasteiger partial charge in [0, 0.05) is 6.54 Å². The molecule has 0 aromatic heterocycles. The van der Waals surface area contributed by atoms with Crippen molar-refractivity contribution in [2.75, 3.05) is 6.61 Å². The Bertz CT molecular complexity index is 374. The molecule has 1 rings (SSSR count).